The Hall–Kier alpha value is -2.47. The first-order valence-corrected chi connectivity index (χ1v) is 7.29. The van der Waals surface area contributed by atoms with E-state index in [4.69, 9.17) is 10.5 Å². The molecule has 6 nitrogen and oxygen atoms in total. The smallest absolute Gasteiger partial charge is 0.354 e. The van der Waals surface area contributed by atoms with Crippen LogP contribution in [0.5, 0.6) is 0 Å². The number of hydrogen-bond acceptors (Lipinski definition) is 4. The van der Waals surface area contributed by atoms with Crippen LogP contribution in [0.3, 0.4) is 0 Å². The fourth-order valence-electron chi connectivity index (χ4n) is 1.74. The molecule has 0 unspecified atom stereocenters. The van der Waals surface area contributed by atoms with Crippen LogP contribution in [0.25, 0.3) is 0 Å². The summed E-state index contributed by atoms with van der Waals surface area (Å²) in [6, 6.07) is 9.36. The summed E-state index contributed by atoms with van der Waals surface area (Å²) in [5.74, 6) is -0.769. The highest BCUT2D eigenvalue weighted by Gasteiger charge is 2.24. The fraction of sp³-hybridized carbons (Fsp3) is 0.353. The Balaban J connectivity index is 3.01. The van der Waals surface area contributed by atoms with E-state index in [9.17, 15) is 9.59 Å². The topological polar surface area (TPSA) is 98.1 Å². The number of rotatable bonds is 7. The maximum absolute atomic E-state index is 12.2. The molecule has 23 heavy (non-hydrogen) atoms. The van der Waals surface area contributed by atoms with E-state index in [2.05, 4.69) is 0 Å². The molecule has 0 bridgehead atoms. The molecule has 0 saturated heterocycles. The number of nitrogens with two attached hydrogens (primary N) is 1. The summed E-state index contributed by atoms with van der Waals surface area (Å²) >= 11 is 0. The van der Waals surface area contributed by atoms with Crippen LogP contribution in [-0.4, -0.2) is 41.1 Å². The summed E-state index contributed by atoms with van der Waals surface area (Å²) in [5.41, 5.74) is -0.138. The van der Waals surface area contributed by atoms with E-state index in [1.54, 1.807) is 17.3 Å². The highest BCUT2D eigenvalue weighted by Crippen LogP contribution is 2.15. The number of aliphatic carboxylic acids is 1. The second-order valence-electron chi connectivity index (χ2n) is 6.37. The number of quaternary nitrogens is 1. The van der Waals surface area contributed by atoms with Gasteiger partial charge in [-0.05, 0) is 12.1 Å². The normalized spacial score (nSPS) is 11.9. The van der Waals surface area contributed by atoms with E-state index >= 15 is 0 Å². The van der Waals surface area contributed by atoms with Crippen LogP contribution < -0.4 is 5.32 Å². The Morgan fingerprint density at radius 1 is 1.26 bits per heavy atom. The Morgan fingerprint density at radius 3 is 2.30 bits per heavy atom. The molecule has 0 aliphatic carbocycles. The van der Waals surface area contributed by atoms with Crippen LogP contribution >= 0.6 is 0 Å². The number of benzene rings is 1. The van der Waals surface area contributed by atoms with Crippen molar-refractivity contribution in [3.05, 3.63) is 42.2 Å². The Labute approximate surface area is 136 Å². The molecular formula is C17H24N3O3+. The van der Waals surface area contributed by atoms with Gasteiger partial charge in [-0.15, -0.1) is 0 Å². The third-order valence-electron chi connectivity index (χ3n) is 3.29. The lowest BCUT2D eigenvalue weighted by atomic mass is 9.90. The van der Waals surface area contributed by atoms with E-state index in [1.165, 1.54) is 6.08 Å². The maximum atomic E-state index is 12.2. The molecule has 0 aliphatic rings. The van der Waals surface area contributed by atoms with Crippen LogP contribution in [-0.2, 0) is 9.59 Å². The Kier molecular flexibility index (Phi) is 6.21. The van der Waals surface area contributed by atoms with Gasteiger partial charge in [-0.2, -0.15) is 0 Å². The van der Waals surface area contributed by atoms with Gasteiger partial charge in [0.1, 0.15) is 11.4 Å². The molecule has 0 amide bonds. The zero-order valence-corrected chi connectivity index (χ0v) is 14.0. The van der Waals surface area contributed by atoms with Crippen molar-refractivity contribution in [2.75, 3.05) is 13.6 Å². The van der Waals surface area contributed by atoms with Crippen molar-refractivity contribution in [2.24, 2.45) is 5.41 Å². The lowest BCUT2D eigenvalue weighted by Gasteiger charge is -2.24. The van der Waals surface area contributed by atoms with Gasteiger partial charge < -0.3 is 10.0 Å². The van der Waals surface area contributed by atoms with E-state index in [0.717, 1.165) is 5.69 Å². The summed E-state index contributed by atoms with van der Waals surface area (Å²) in [7, 11) is 1.71. The number of carbonyl (C=O) groups excluding carboxylic acids is 1. The molecule has 6 heteroatoms. The minimum Gasteiger partial charge on any atom is -0.477 e. The fourth-order valence-corrected chi connectivity index (χ4v) is 1.74. The van der Waals surface area contributed by atoms with Gasteiger partial charge in [0.05, 0.1) is 12.6 Å². The van der Waals surface area contributed by atoms with Crippen LogP contribution in [0.4, 0.5) is 5.69 Å². The molecule has 0 heterocycles. The second kappa shape index (κ2) is 7.69. The Morgan fingerprint density at radius 2 is 1.83 bits per heavy atom. The van der Waals surface area contributed by atoms with Crippen molar-refractivity contribution >= 4 is 23.2 Å². The van der Waals surface area contributed by atoms with Gasteiger partial charge >= 0.3 is 5.97 Å². The highest BCUT2D eigenvalue weighted by atomic mass is 16.4. The van der Waals surface area contributed by atoms with Gasteiger partial charge in [0, 0.05) is 12.5 Å². The molecule has 4 N–H and O–H groups in total. The van der Waals surface area contributed by atoms with Crippen molar-refractivity contribution in [2.45, 2.75) is 20.8 Å². The third kappa shape index (κ3) is 6.04. The minimum atomic E-state index is -1.31. The summed E-state index contributed by atoms with van der Waals surface area (Å²) in [4.78, 5) is 24.8. The third-order valence-corrected chi connectivity index (χ3v) is 3.29. The molecule has 124 valence electrons. The number of ketones is 1. The largest absolute Gasteiger partial charge is 0.477 e. The van der Waals surface area contributed by atoms with Gasteiger partial charge in [0.2, 0.25) is 5.82 Å². The van der Waals surface area contributed by atoms with Crippen LogP contribution in [0.15, 0.2) is 42.2 Å². The predicted octanol–water partition coefficient (Wildman–Crippen LogP) is 1.37. The van der Waals surface area contributed by atoms with Crippen molar-refractivity contribution in [3.8, 4) is 0 Å². The number of para-hydroxylation sites is 1. The molecule has 1 aromatic carbocycles. The number of hydrogen-bond donors (Lipinski definition) is 3. The summed E-state index contributed by atoms with van der Waals surface area (Å²) in [6.45, 7) is 5.66. The molecule has 0 fully saturated rings. The molecule has 0 spiro atoms. The summed E-state index contributed by atoms with van der Waals surface area (Å²) in [6.07, 6.45) is 1.26. The van der Waals surface area contributed by atoms with E-state index in [1.807, 2.05) is 51.1 Å². The monoisotopic (exact) mass is 318 g/mol. The highest BCUT2D eigenvalue weighted by molar-refractivity contribution is 6.39. The number of carboxylic acid groups (broad SMARTS) is 1. The maximum Gasteiger partial charge on any atom is 0.354 e. The molecular weight excluding hydrogens is 294 g/mol. The van der Waals surface area contributed by atoms with Crippen molar-refractivity contribution in [1.29, 1.82) is 5.41 Å². The van der Waals surface area contributed by atoms with Gasteiger partial charge in [-0.25, -0.2) is 4.79 Å². The first-order valence-electron chi connectivity index (χ1n) is 7.29. The van der Waals surface area contributed by atoms with Gasteiger partial charge in [-0.3, -0.25) is 15.5 Å². The molecule has 1 rings (SSSR count). The van der Waals surface area contributed by atoms with Crippen molar-refractivity contribution < 1.29 is 20.0 Å². The quantitative estimate of drug-likeness (QED) is 0.522. The molecule has 0 aromatic heterocycles. The first-order chi connectivity index (χ1) is 10.6. The van der Waals surface area contributed by atoms with Gasteiger partial charge in [-0.1, -0.05) is 39.0 Å². The average Bonchev–Trinajstić information content (AvgIpc) is 2.46. The standard InChI is InChI=1S/C17H23N3O3/c1-17(2,3)14(21)11-20(4)15(10-13(18)16(22)23)19-12-8-6-5-7-9-12/h5-10,18-19H,11H2,1-4H3,(H,22,23)/p+1. The number of nitrogens with zero attached hydrogens (tertiary/aromatic N) is 1. The number of carboxylic acids is 1. The van der Waals surface area contributed by atoms with Crippen molar-refractivity contribution in [1.82, 2.24) is 4.90 Å². The summed E-state index contributed by atoms with van der Waals surface area (Å²) in [5, 5.41) is 18.2. The molecule has 1 aromatic rings. The second-order valence-corrected chi connectivity index (χ2v) is 6.37. The zero-order valence-electron chi connectivity index (χ0n) is 14.0. The molecule has 0 aliphatic heterocycles. The number of Topliss-reactive ketones (excluding diaryl/α,β-unsaturated/α-hetero) is 1. The van der Waals surface area contributed by atoms with Gasteiger partial charge in [0.15, 0.2) is 5.78 Å². The zero-order chi connectivity index (χ0) is 17.6. The molecule has 0 atom stereocenters. The number of carbonyl (C=O) groups is 2. The lowest BCUT2D eigenvalue weighted by molar-refractivity contribution is -0.534. The van der Waals surface area contributed by atoms with Crippen molar-refractivity contribution in [3.63, 3.8) is 0 Å². The van der Waals surface area contributed by atoms with E-state index < -0.39 is 17.1 Å². The molecule has 0 saturated carbocycles. The Bertz CT molecular complexity index is 616. The van der Waals surface area contributed by atoms with Crippen LogP contribution in [0.1, 0.15) is 20.8 Å². The van der Waals surface area contributed by atoms with Crippen LogP contribution in [0.2, 0.25) is 0 Å². The van der Waals surface area contributed by atoms with Gasteiger partial charge in [0.25, 0.3) is 0 Å². The SMILES string of the molecule is CN(CC(=O)C(C)(C)C)C(=CC(=N)C(=O)O)[NH2+]c1ccccc1. The first kappa shape index (κ1) is 18.6. The van der Waals surface area contributed by atoms with E-state index in [0.29, 0.717) is 5.82 Å². The molecule has 0 radical (unpaired) electrons. The van der Waals surface area contributed by atoms with E-state index in [-0.39, 0.29) is 12.3 Å². The summed E-state index contributed by atoms with van der Waals surface area (Å²) < 4.78 is 0. The number of nitrogens with one attached hydrogen (secondary N) is 1. The average molecular weight is 318 g/mol. The van der Waals surface area contributed by atoms with Crippen LogP contribution in [0, 0.1) is 10.8 Å². The predicted molar refractivity (Wildman–Crippen MR) is 88.6 cm³/mol. The minimum absolute atomic E-state index is 0.0363. The lowest BCUT2D eigenvalue weighted by Crippen LogP contribution is -2.79. The number of likely N-dealkylation sites (N-methyl/N-ethyl adjacent to an activating group) is 1.